The molecule has 1 aromatic carbocycles. The summed E-state index contributed by atoms with van der Waals surface area (Å²) in [6, 6.07) is 5.81. The van der Waals surface area contributed by atoms with Crippen molar-refractivity contribution in [2.24, 2.45) is 5.73 Å². The number of nitrogens with two attached hydrogens (primary N) is 1. The predicted octanol–water partition coefficient (Wildman–Crippen LogP) is 2.20. The number of hydrogen-bond acceptors (Lipinski definition) is 2. The van der Waals surface area contributed by atoms with Gasteiger partial charge in [-0.3, -0.25) is 0 Å². The van der Waals surface area contributed by atoms with Crippen molar-refractivity contribution in [3.63, 3.8) is 0 Å². The number of aryl methyl sites for hydroxylation is 1. The van der Waals surface area contributed by atoms with E-state index in [9.17, 15) is 8.78 Å². The van der Waals surface area contributed by atoms with Crippen LogP contribution in [-0.2, 0) is 6.42 Å². The Morgan fingerprint density at radius 1 is 1.38 bits per heavy atom. The molecule has 0 amide bonds. The molecule has 4 heteroatoms. The summed E-state index contributed by atoms with van der Waals surface area (Å²) >= 11 is 0. The Bertz CT molecular complexity index is 340. The summed E-state index contributed by atoms with van der Waals surface area (Å²) in [5, 5.41) is 0. The molecule has 0 bridgehead atoms. The van der Waals surface area contributed by atoms with Crippen molar-refractivity contribution in [3.8, 4) is 0 Å². The van der Waals surface area contributed by atoms with Crippen molar-refractivity contribution in [2.75, 3.05) is 25.0 Å². The minimum Gasteiger partial charge on any atom is -0.369 e. The summed E-state index contributed by atoms with van der Waals surface area (Å²) in [5.41, 5.74) is 8.51. The van der Waals surface area contributed by atoms with Crippen LogP contribution in [0.15, 0.2) is 18.2 Å². The SMILES string of the molecule is Cc1ccc(N(C)CC(F)F)c(CCN)c1. The molecule has 0 radical (unpaired) electrons. The molecule has 0 aliphatic carbocycles. The van der Waals surface area contributed by atoms with E-state index in [1.54, 1.807) is 11.9 Å². The van der Waals surface area contributed by atoms with E-state index in [0.29, 0.717) is 13.0 Å². The fourth-order valence-electron chi connectivity index (χ4n) is 1.75. The third kappa shape index (κ3) is 3.45. The van der Waals surface area contributed by atoms with Crippen molar-refractivity contribution < 1.29 is 8.78 Å². The van der Waals surface area contributed by atoms with Gasteiger partial charge in [0.2, 0.25) is 0 Å². The summed E-state index contributed by atoms with van der Waals surface area (Å²) < 4.78 is 24.6. The molecule has 0 fully saturated rings. The molecule has 2 nitrogen and oxygen atoms in total. The van der Waals surface area contributed by atoms with E-state index in [2.05, 4.69) is 0 Å². The van der Waals surface area contributed by atoms with E-state index in [0.717, 1.165) is 16.8 Å². The van der Waals surface area contributed by atoms with Crippen LogP contribution in [0.25, 0.3) is 0 Å². The number of hydrogen-bond donors (Lipinski definition) is 1. The lowest BCUT2D eigenvalue weighted by Crippen LogP contribution is -2.25. The zero-order chi connectivity index (χ0) is 12.1. The van der Waals surface area contributed by atoms with Crippen LogP contribution in [0.4, 0.5) is 14.5 Å². The van der Waals surface area contributed by atoms with Crippen molar-refractivity contribution in [2.45, 2.75) is 19.8 Å². The number of nitrogens with zero attached hydrogens (tertiary/aromatic N) is 1. The number of anilines is 1. The highest BCUT2D eigenvalue weighted by Crippen LogP contribution is 2.22. The van der Waals surface area contributed by atoms with Gasteiger partial charge in [-0.2, -0.15) is 0 Å². The van der Waals surface area contributed by atoms with E-state index < -0.39 is 6.43 Å². The molecular weight excluding hydrogens is 210 g/mol. The third-order valence-electron chi connectivity index (χ3n) is 2.47. The lowest BCUT2D eigenvalue weighted by Gasteiger charge is -2.22. The number of alkyl halides is 2. The van der Waals surface area contributed by atoms with Gasteiger partial charge in [-0.15, -0.1) is 0 Å². The van der Waals surface area contributed by atoms with Crippen molar-refractivity contribution in [3.05, 3.63) is 29.3 Å². The minimum atomic E-state index is -2.32. The molecule has 1 rings (SSSR count). The standard InChI is InChI=1S/C12H18F2N2/c1-9-3-4-11(10(7-9)5-6-15)16(2)8-12(13)14/h3-4,7,12H,5-6,8,15H2,1-2H3. The molecule has 0 aromatic heterocycles. The maximum absolute atomic E-state index is 12.3. The molecule has 0 saturated heterocycles. The van der Waals surface area contributed by atoms with Crippen LogP contribution >= 0.6 is 0 Å². The molecule has 90 valence electrons. The van der Waals surface area contributed by atoms with Crippen molar-refractivity contribution >= 4 is 5.69 Å². The highest BCUT2D eigenvalue weighted by molar-refractivity contribution is 5.54. The molecule has 0 spiro atoms. The largest absolute Gasteiger partial charge is 0.369 e. The van der Waals surface area contributed by atoms with Gasteiger partial charge in [-0.25, -0.2) is 8.78 Å². The zero-order valence-electron chi connectivity index (χ0n) is 9.71. The Labute approximate surface area is 95.1 Å². The first-order valence-electron chi connectivity index (χ1n) is 5.33. The van der Waals surface area contributed by atoms with Crippen LogP contribution < -0.4 is 10.6 Å². The predicted molar refractivity (Wildman–Crippen MR) is 63.2 cm³/mol. The lowest BCUT2D eigenvalue weighted by molar-refractivity contribution is 0.156. The minimum absolute atomic E-state index is 0.249. The summed E-state index contributed by atoms with van der Waals surface area (Å²) in [6.07, 6.45) is -1.61. The summed E-state index contributed by atoms with van der Waals surface area (Å²) in [7, 11) is 1.68. The maximum atomic E-state index is 12.3. The molecule has 0 aliphatic rings. The van der Waals surface area contributed by atoms with Crippen LogP contribution in [0.1, 0.15) is 11.1 Å². The highest BCUT2D eigenvalue weighted by atomic mass is 19.3. The Morgan fingerprint density at radius 2 is 2.06 bits per heavy atom. The van der Waals surface area contributed by atoms with Gasteiger partial charge in [0.1, 0.15) is 0 Å². The van der Waals surface area contributed by atoms with Gasteiger partial charge in [0.25, 0.3) is 6.43 Å². The van der Waals surface area contributed by atoms with Gasteiger partial charge in [-0.05, 0) is 31.5 Å². The molecule has 0 unspecified atom stereocenters. The molecule has 0 saturated carbocycles. The molecule has 16 heavy (non-hydrogen) atoms. The number of halogens is 2. The highest BCUT2D eigenvalue weighted by Gasteiger charge is 2.11. The van der Waals surface area contributed by atoms with Crippen LogP contribution in [0.5, 0.6) is 0 Å². The van der Waals surface area contributed by atoms with Crippen LogP contribution in [0, 0.1) is 6.92 Å². The first kappa shape index (κ1) is 12.9. The molecular formula is C12H18F2N2. The summed E-state index contributed by atoms with van der Waals surface area (Å²) in [4.78, 5) is 1.58. The quantitative estimate of drug-likeness (QED) is 0.837. The Kier molecular flexibility index (Phi) is 4.68. The van der Waals surface area contributed by atoms with Gasteiger partial charge in [-0.1, -0.05) is 17.7 Å². The second kappa shape index (κ2) is 5.80. The van der Waals surface area contributed by atoms with E-state index in [4.69, 9.17) is 5.73 Å². The van der Waals surface area contributed by atoms with Gasteiger partial charge < -0.3 is 10.6 Å². The molecule has 0 aliphatic heterocycles. The van der Waals surface area contributed by atoms with E-state index in [1.807, 2.05) is 25.1 Å². The number of benzene rings is 1. The second-order valence-electron chi connectivity index (χ2n) is 3.94. The average Bonchev–Trinajstić information content (AvgIpc) is 2.17. The monoisotopic (exact) mass is 228 g/mol. The smallest absolute Gasteiger partial charge is 0.255 e. The summed E-state index contributed by atoms with van der Waals surface area (Å²) in [6.45, 7) is 2.26. The van der Waals surface area contributed by atoms with Gasteiger partial charge in [0.15, 0.2) is 0 Å². The average molecular weight is 228 g/mol. The number of rotatable bonds is 5. The second-order valence-corrected chi connectivity index (χ2v) is 3.94. The molecule has 1 aromatic rings. The Morgan fingerprint density at radius 3 is 2.62 bits per heavy atom. The topological polar surface area (TPSA) is 29.3 Å². The zero-order valence-corrected chi connectivity index (χ0v) is 9.71. The van der Waals surface area contributed by atoms with Crippen LogP contribution in [-0.4, -0.2) is 26.6 Å². The molecule has 2 N–H and O–H groups in total. The van der Waals surface area contributed by atoms with Crippen LogP contribution in [0.3, 0.4) is 0 Å². The first-order valence-corrected chi connectivity index (χ1v) is 5.33. The Balaban J connectivity index is 2.92. The van der Waals surface area contributed by atoms with E-state index >= 15 is 0 Å². The summed E-state index contributed by atoms with van der Waals surface area (Å²) in [5.74, 6) is 0. The third-order valence-corrected chi connectivity index (χ3v) is 2.47. The van der Waals surface area contributed by atoms with Gasteiger partial charge in [0.05, 0.1) is 6.54 Å². The molecule has 0 atom stereocenters. The fourth-order valence-corrected chi connectivity index (χ4v) is 1.75. The normalized spacial score (nSPS) is 10.9. The van der Waals surface area contributed by atoms with Crippen LogP contribution in [0.2, 0.25) is 0 Å². The van der Waals surface area contributed by atoms with Crippen molar-refractivity contribution in [1.29, 1.82) is 0 Å². The first-order chi connectivity index (χ1) is 7.54. The maximum Gasteiger partial charge on any atom is 0.255 e. The van der Waals surface area contributed by atoms with Crippen molar-refractivity contribution in [1.82, 2.24) is 0 Å². The van der Waals surface area contributed by atoms with E-state index in [-0.39, 0.29) is 6.54 Å². The van der Waals surface area contributed by atoms with Gasteiger partial charge >= 0.3 is 0 Å². The fraction of sp³-hybridized carbons (Fsp3) is 0.500. The molecule has 0 heterocycles. The lowest BCUT2D eigenvalue weighted by atomic mass is 10.1. The van der Waals surface area contributed by atoms with Gasteiger partial charge in [0, 0.05) is 12.7 Å². The Hall–Kier alpha value is -1.16. The van der Waals surface area contributed by atoms with E-state index in [1.165, 1.54) is 0 Å².